The zero-order chi connectivity index (χ0) is 10.0. The third-order valence-electron chi connectivity index (χ3n) is 1.44. The minimum atomic E-state index is -0.529. The molecule has 0 amide bonds. The Hall–Kier alpha value is 0.260. The van der Waals surface area contributed by atoms with Crippen molar-refractivity contribution in [1.29, 1.82) is 0 Å². The van der Waals surface area contributed by atoms with Gasteiger partial charge >= 0.3 is 0 Å². The quantitative estimate of drug-likeness (QED) is 0.435. The first-order valence-electron chi connectivity index (χ1n) is 3.30. The van der Waals surface area contributed by atoms with E-state index >= 15 is 0 Å². The topological polar surface area (TPSA) is 17.1 Å². The van der Waals surface area contributed by atoms with Crippen LogP contribution in [0.15, 0.2) is 21.1 Å². The van der Waals surface area contributed by atoms with Crippen LogP contribution in [0.3, 0.4) is 0 Å². The zero-order valence-electron chi connectivity index (χ0n) is 6.28. The molecule has 0 heterocycles. The molecular weight excluding hydrogens is 371 g/mol. The number of Topliss-reactive ketones (excluding diaryl/α,β-unsaturated/α-hetero) is 1. The third kappa shape index (κ3) is 2.39. The lowest BCUT2D eigenvalue weighted by Crippen LogP contribution is -2.05. The maximum atomic E-state index is 13.4. The molecule has 0 bridgehead atoms. The lowest BCUT2D eigenvalue weighted by atomic mass is 10.1. The predicted octanol–water partition coefficient (Wildman–Crippen LogP) is 3.93. The molecule has 0 atom stereocenters. The average Bonchev–Trinajstić information content (AvgIpc) is 2.12. The van der Waals surface area contributed by atoms with Crippen LogP contribution in [0.25, 0.3) is 0 Å². The van der Waals surface area contributed by atoms with Crippen LogP contribution in [0.2, 0.25) is 0 Å². The van der Waals surface area contributed by atoms with E-state index in [-0.39, 0.29) is 16.7 Å². The summed E-state index contributed by atoms with van der Waals surface area (Å²) in [5.74, 6) is -0.815. The van der Waals surface area contributed by atoms with E-state index in [1.165, 1.54) is 0 Å². The highest BCUT2D eigenvalue weighted by atomic mass is 79.9. The van der Waals surface area contributed by atoms with Gasteiger partial charge in [0.25, 0.3) is 0 Å². The molecule has 13 heavy (non-hydrogen) atoms. The van der Waals surface area contributed by atoms with Crippen molar-refractivity contribution in [2.75, 3.05) is 5.33 Å². The molecule has 0 saturated carbocycles. The Kier molecular flexibility index (Phi) is 4.06. The molecule has 0 aliphatic carbocycles. The highest BCUT2D eigenvalue weighted by Crippen LogP contribution is 2.26. The molecule has 0 aromatic heterocycles. The molecule has 0 spiro atoms. The van der Waals surface area contributed by atoms with Crippen LogP contribution in [-0.4, -0.2) is 11.1 Å². The van der Waals surface area contributed by atoms with Crippen LogP contribution in [0.5, 0.6) is 0 Å². The van der Waals surface area contributed by atoms with Gasteiger partial charge in [0.2, 0.25) is 0 Å². The smallest absolute Gasteiger partial charge is 0.177 e. The number of carbonyl (C=O) groups is 1. The first kappa shape index (κ1) is 11.3. The number of ketones is 1. The van der Waals surface area contributed by atoms with Crippen molar-refractivity contribution >= 4 is 53.6 Å². The van der Waals surface area contributed by atoms with Gasteiger partial charge in [-0.1, -0.05) is 15.9 Å². The van der Waals surface area contributed by atoms with Crippen LogP contribution in [0, 0.1) is 5.82 Å². The van der Waals surface area contributed by atoms with Gasteiger partial charge in [0.15, 0.2) is 5.78 Å². The molecular formula is C8H4Br3FO. The minimum absolute atomic E-state index is 0.0752. The number of carbonyl (C=O) groups excluding carboxylic acids is 1. The molecule has 0 unspecified atom stereocenters. The Balaban J connectivity index is 3.33. The molecule has 0 fully saturated rings. The van der Waals surface area contributed by atoms with E-state index in [1.807, 2.05) is 0 Å². The molecule has 1 rings (SSSR count). The zero-order valence-corrected chi connectivity index (χ0v) is 11.0. The van der Waals surface area contributed by atoms with Crippen LogP contribution < -0.4 is 0 Å². The molecule has 1 aromatic carbocycles. The van der Waals surface area contributed by atoms with Gasteiger partial charge in [0, 0.05) is 4.47 Å². The van der Waals surface area contributed by atoms with E-state index in [9.17, 15) is 9.18 Å². The van der Waals surface area contributed by atoms with Gasteiger partial charge in [-0.25, -0.2) is 4.39 Å². The van der Waals surface area contributed by atoms with Crippen molar-refractivity contribution in [3.8, 4) is 0 Å². The average molecular weight is 375 g/mol. The highest BCUT2D eigenvalue weighted by molar-refractivity contribution is 9.11. The van der Waals surface area contributed by atoms with Gasteiger partial charge in [-0.3, -0.25) is 4.79 Å². The number of hydrogen-bond acceptors (Lipinski definition) is 1. The summed E-state index contributed by atoms with van der Waals surface area (Å²) in [6, 6.07) is 3.17. The Morgan fingerprint density at radius 3 is 2.38 bits per heavy atom. The van der Waals surface area contributed by atoms with Crippen molar-refractivity contribution in [1.82, 2.24) is 0 Å². The van der Waals surface area contributed by atoms with Crippen molar-refractivity contribution in [3.05, 3.63) is 32.5 Å². The molecule has 0 aliphatic heterocycles. The number of halogens is 4. The standard InChI is InChI=1S/C8H4Br3FO/c9-3-6(13)7-4(10)1-2-5(11)8(7)12/h1-2H,3H2. The van der Waals surface area contributed by atoms with Gasteiger partial charge in [0.05, 0.1) is 15.4 Å². The van der Waals surface area contributed by atoms with Crippen LogP contribution in [0.1, 0.15) is 10.4 Å². The van der Waals surface area contributed by atoms with Gasteiger partial charge in [-0.2, -0.15) is 0 Å². The first-order valence-corrected chi connectivity index (χ1v) is 6.01. The monoisotopic (exact) mass is 372 g/mol. The molecule has 1 aromatic rings. The number of benzene rings is 1. The minimum Gasteiger partial charge on any atom is -0.293 e. The highest BCUT2D eigenvalue weighted by Gasteiger charge is 2.16. The van der Waals surface area contributed by atoms with Crippen LogP contribution in [-0.2, 0) is 0 Å². The number of hydrogen-bond donors (Lipinski definition) is 0. The summed E-state index contributed by atoms with van der Waals surface area (Å²) in [6.07, 6.45) is 0. The Morgan fingerprint density at radius 1 is 1.31 bits per heavy atom. The molecule has 0 saturated heterocycles. The van der Waals surface area contributed by atoms with Gasteiger partial charge in [-0.15, -0.1) is 0 Å². The molecule has 5 heteroatoms. The summed E-state index contributed by atoms with van der Waals surface area (Å²) >= 11 is 9.13. The SMILES string of the molecule is O=C(CBr)c1c(Br)ccc(Br)c1F. The summed E-state index contributed by atoms with van der Waals surface area (Å²) in [4.78, 5) is 11.3. The summed E-state index contributed by atoms with van der Waals surface area (Å²) < 4.78 is 14.1. The van der Waals surface area contributed by atoms with Crippen molar-refractivity contribution in [2.24, 2.45) is 0 Å². The van der Waals surface area contributed by atoms with E-state index in [2.05, 4.69) is 47.8 Å². The third-order valence-corrected chi connectivity index (χ3v) is 3.23. The molecule has 0 aliphatic rings. The maximum absolute atomic E-state index is 13.4. The van der Waals surface area contributed by atoms with E-state index in [0.717, 1.165) is 0 Å². The van der Waals surface area contributed by atoms with Crippen molar-refractivity contribution < 1.29 is 9.18 Å². The van der Waals surface area contributed by atoms with Crippen LogP contribution >= 0.6 is 47.8 Å². The second-order valence-electron chi connectivity index (χ2n) is 2.27. The van der Waals surface area contributed by atoms with Gasteiger partial charge in [0.1, 0.15) is 5.82 Å². The molecule has 70 valence electrons. The Labute approximate surface area is 100 Å². The lowest BCUT2D eigenvalue weighted by molar-refractivity contribution is 0.101. The number of rotatable bonds is 2. The van der Waals surface area contributed by atoms with Crippen molar-refractivity contribution in [2.45, 2.75) is 0 Å². The predicted molar refractivity (Wildman–Crippen MR) is 59.9 cm³/mol. The summed E-state index contributed by atoms with van der Waals surface area (Å²) in [5.41, 5.74) is 0.0752. The van der Waals surface area contributed by atoms with E-state index in [1.54, 1.807) is 12.1 Å². The Morgan fingerprint density at radius 2 is 1.85 bits per heavy atom. The molecule has 0 N–H and O–H groups in total. The lowest BCUT2D eigenvalue weighted by Gasteiger charge is -2.04. The molecule has 0 radical (unpaired) electrons. The molecule has 1 nitrogen and oxygen atoms in total. The fourth-order valence-electron chi connectivity index (χ4n) is 0.849. The second kappa shape index (κ2) is 4.66. The maximum Gasteiger partial charge on any atom is 0.177 e. The van der Waals surface area contributed by atoms with E-state index in [4.69, 9.17) is 0 Å². The summed E-state index contributed by atoms with van der Waals surface area (Å²) in [7, 11) is 0. The summed E-state index contributed by atoms with van der Waals surface area (Å²) in [5, 5.41) is 0.110. The normalized spacial score (nSPS) is 10.2. The fourth-order valence-corrected chi connectivity index (χ4v) is 1.99. The van der Waals surface area contributed by atoms with Gasteiger partial charge < -0.3 is 0 Å². The summed E-state index contributed by atoms with van der Waals surface area (Å²) in [6.45, 7) is 0. The van der Waals surface area contributed by atoms with Crippen molar-refractivity contribution in [3.63, 3.8) is 0 Å². The van der Waals surface area contributed by atoms with E-state index in [0.29, 0.717) is 8.95 Å². The Bertz CT molecular complexity index is 351. The fraction of sp³-hybridized carbons (Fsp3) is 0.125. The largest absolute Gasteiger partial charge is 0.293 e. The second-order valence-corrected chi connectivity index (χ2v) is 4.54. The van der Waals surface area contributed by atoms with Gasteiger partial charge in [-0.05, 0) is 44.0 Å². The van der Waals surface area contributed by atoms with E-state index < -0.39 is 5.82 Å². The first-order chi connectivity index (χ1) is 6.07. The number of alkyl halides is 1. The van der Waals surface area contributed by atoms with Crippen LogP contribution in [0.4, 0.5) is 4.39 Å².